The van der Waals surface area contributed by atoms with Gasteiger partial charge in [0.2, 0.25) is 0 Å². The number of carbonyl (C=O) groups excluding carboxylic acids is 1. The molecule has 0 aliphatic heterocycles. The van der Waals surface area contributed by atoms with Crippen molar-refractivity contribution in [3.63, 3.8) is 0 Å². The lowest BCUT2D eigenvalue weighted by Crippen LogP contribution is -2.59. The number of nitrogens with zero attached hydrogens (tertiary/aromatic N) is 1. The van der Waals surface area contributed by atoms with E-state index in [4.69, 9.17) is 4.74 Å². The molecule has 16 heavy (non-hydrogen) atoms. The molecule has 94 valence electrons. The molecule has 0 amide bonds. The van der Waals surface area contributed by atoms with Crippen LogP contribution in [0.5, 0.6) is 0 Å². The van der Waals surface area contributed by atoms with Crippen molar-refractivity contribution in [3.05, 3.63) is 12.2 Å². The van der Waals surface area contributed by atoms with Gasteiger partial charge in [-0.25, -0.2) is 4.79 Å². The molecule has 0 aliphatic rings. The van der Waals surface area contributed by atoms with Crippen LogP contribution in [0.2, 0.25) is 39.3 Å². The first-order chi connectivity index (χ1) is 6.96. The van der Waals surface area contributed by atoms with Crippen LogP contribution in [0.3, 0.4) is 0 Å². The van der Waals surface area contributed by atoms with E-state index in [9.17, 15) is 4.79 Å². The maximum atomic E-state index is 11.4. The molecule has 0 heterocycles. The number of hydrogen-bond donors (Lipinski definition) is 0. The molecular formula is C11H25NO2Si2. The van der Waals surface area contributed by atoms with Gasteiger partial charge in [-0.1, -0.05) is 45.9 Å². The van der Waals surface area contributed by atoms with Gasteiger partial charge in [0.05, 0.1) is 0 Å². The Hall–Kier alpha value is -0.396. The Morgan fingerprint density at radius 2 is 1.50 bits per heavy atom. The predicted octanol–water partition coefficient (Wildman–Crippen LogP) is 3.04. The predicted molar refractivity (Wildman–Crippen MR) is 74.3 cm³/mol. The maximum absolute atomic E-state index is 11.4. The van der Waals surface area contributed by atoms with Gasteiger partial charge in [0.25, 0.3) is 0 Å². The lowest BCUT2D eigenvalue weighted by atomic mass is 10.4. The summed E-state index contributed by atoms with van der Waals surface area (Å²) in [6, 6.07) is 0. The summed E-state index contributed by atoms with van der Waals surface area (Å²) < 4.78 is 7.69. The van der Waals surface area contributed by atoms with E-state index in [1.807, 2.05) is 0 Å². The minimum atomic E-state index is -1.44. The fraction of sp³-hybridized carbons (Fsp3) is 0.727. The summed E-state index contributed by atoms with van der Waals surface area (Å²) in [6.07, 6.45) is 0. The second-order valence-electron chi connectivity index (χ2n) is 6.11. The molecule has 0 rings (SSSR count). The summed E-state index contributed by atoms with van der Waals surface area (Å²) >= 11 is 0. The van der Waals surface area contributed by atoms with Crippen molar-refractivity contribution in [1.29, 1.82) is 0 Å². The monoisotopic (exact) mass is 259 g/mol. The van der Waals surface area contributed by atoms with Crippen molar-refractivity contribution in [2.75, 3.05) is 6.73 Å². The molecule has 0 spiro atoms. The summed E-state index contributed by atoms with van der Waals surface area (Å²) in [5, 5.41) is 0. The zero-order chi connectivity index (χ0) is 13.1. The van der Waals surface area contributed by atoms with Crippen molar-refractivity contribution >= 4 is 22.4 Å². The summed E-state index contributed by atoms with van der Waals surface area (Å²) in [5.74, 6) is -0.290. The maximum Gasteiger partial charge on any atom is 0.334 e. The van der Waals surface area contributed by atoms with Crippen LogP contribution in [-0.4, -0.2) is 33.4 Å². The number of rotatable bonds is 5. The molecule has 0 bridgehead atoms. The van der Waals surface area contributed by atoms with Gasteiger partial charge in [-0.2, -0.15) is 0 Å². The summed E-state index contributed by atoms with van der Waals surface area (Å²) in [7, 11) is -2.87. The molecular weight excluding hydrogens is 234 g/mol. The van der Waals surface area contributed by atoms with Crippen LogP contribution >= 0.6 is 0 Å². The van der Waals surface area contributed by atoms with E-state index in [0.717, 1.165) is 0 Å². The molecule has 5 heteroatoms. The normalized spacial score (nSPS) is 12.8. The third-order valence-electron chi connectivity index (χ3n) is 2.29. The molecule has 0 fully saturated rings. The average Bonchev–Trinajstić information content (AvgIpc) is 1.98. The lowest BCUT2D eigenvalue weighted by molar-refractivity contribution is -0.140. The minimum Gasteiger partial charge on any atom is -0.447 e. The van der Waals surface area contributed by atoms with Crippen molar-refractivity contribution in [2.24, 2.45) is 0 Å². The molecule has 0 aromatic heterocycles. The second kappa shape index (κ2) is 5.29. The van der Waals surface area contributed by atoms with E-state index in [0.29, 0.717) is 12.3 Å². The second-order valence-corrected chi connectivity index (χ2v) is 16.3. The third kappa shape index (κ3) is 5.09. The number of ether oxygens (including phenoxy) is 1. The van der Waals surface area contributed by atoms with Gasteiger partial charge in [-0.05, 0) is 6.92 Å². The number of esters is 1. The molecule has 3 nitrogen and oxygen atoms in total. The first-order valence-electron chi connectivity index (χ1n) is 5.56. The van der Waals surface area contributed by atoms with Gasteiger partial charge >= 0.3 is 5.97 Å². The van der Waals surface area contributed by atoms with Crippen molar-refractivity contribution < 1.29 is 9.53 Å². The van der Waals surface area contributed by atoms with Crippen LogP contribution < -0.4 is 0 Å². The summed E-state index contributed by atoms with van der Waals surface area (Å²) in [4.78, 5) is 11.4. The zero-order valence-electron chi connectivity index (χ0n) is 11.7. The van der Waals surface area contributed by atoms with Crippen LogP contribution in [0.1, 0.15) is 6.92 Å². The fourth-order valence-electron chi connectivity index (χ4n) is 1.64. The lowest BCUT2D eigenvalue weighted by Gasteiger charge is -2.42. The SMILES string of the molecule is C=C(C)C(=O)OCN([Si](C)(C)C)[Si](C)(C)C. The van der Waals surface area contributed by atoms with Crippen LogP contribution in [0.25, 0.3) is 0 Å². The highest BCUT2D eigenvalue weighted by Crippen LogP contribution is 2.19. The Morgan fingerprint density at radius 1 is 1.12 bits per heavy atom. The summed E-state index contributed by atoms with van der Waals surface area (Å²) in [6.45, 7) is 19.3. The quantitative estimate of drug-likeness (QED) is 0.329. The first-order valence-corrected chi connectivity index (χ1v) is 12.5. The highest BCUT2D eigenvalue weighted by Gasteiger charge is 2.34. The topological polar surface area (TPSA) is 29.5 Å². The van der Waals surface area contributed by atoms with Crippen LogP contribution in [-0.2, 0) is 9.53 Å². The van der Waals surface area contributed by atoms with Gasteiger partial charge in [0.15, 0.2) is 0 Å². The van der Waals surface area contributed by atoms with Gasteiger partial charge in [0, 0.05) is 5.57 Å². The van der Waals surface area contributed by atoms with Crippen LogP contribution in [0.15, 0.2) is 12.2 Å². The Morgan fingerprint density at radius 3 is 1.75 bits per heavy atom. The molecule has 0 atom stereocenters. The molecule has 0 N–H and O–H groups in total. The smallest absolute Gasteiger partial charge is 0.334 e. The summed E-state index contributed by atoms with van der Waals surface area (Å²) in [5.41, 5.74) is 0.464. The van der Waals surface area contributed by atoms with Crippen molar-refractivity contribution in [2.45, 2.75) is 46.2 Å². The molecule has 0 radical (unpaired) electrons. The molecule has 0 aliphatic carbocycles. The van der Waals surface area contributed by atoms with Crippen molar-refractivity contribution in [1.82, 2.24) is 4.23 Å². The Balaban J connectivity index is 4.60. The highest BCUT2D eigenvalue weighted by atomic mass is 28.4. The van der Waals surface area contributed by atoms with Crippen molar-refractivity contribution in [3.8, 4) is 0 Å². The molecule has 0 saturated heterocycles. The molecule has 0 aromatic rings. The minimum absolute atomic E-state index is 0.290. The number of carbonyl (C=O) groups is 1. The molecule has 0 saturated carbocycles. The van der Waals surface area contributed by atoms with E-state index in [1.165, 1.54) is 0 Å². The highest BCUT2D eigenvalue weighted by molar-refractivity contribution is 6.89. The average molecular weight is 259 g/mol. The van der Waals surface area contributed by atoms with E-state index < -0.39 is 16.5 Å². The molecule has 0 aromatic carbocycles. The van der Waals surface area contributed by atoms with E-state index in [-0.39, 0.29) is 5.97 Å². The molecule has 0 unspecified atom stereocenters. The van der Waals surface area contributed by atoms with Gasteiger partial charge in [-0.15, -0.1) is 0 Å². The van der Waals surface area contributed by atoms with Gasteiger partial charge < -0.3 is 8.97 Å². The third-order valence-corrected chi connectivity index (χ3v) is 9.81. The Bertz CT molecular complexity index is 263. The van der Waals surface area contributed by atoms with E-state index >= 15 is 0 Å². The standard InChI is InChI=1S/C11H25NO2Si2/c1-10(2)11(13)14-9-12(15(3,4)5)16(6,7)8/h1,9H2,2-8H3. The van der Waals surface area contributed by atoms with E-state index in [1.54, 1.807) is 6.92 Å². The van der Waals surface area contributed by atoms with Crippen LogP contribution in [0.4, 0.5) is 0 Å². The van der Waals surface area contributed by atoms with Gasteiger partial charge in [-0.3, -0.25) is 0 Å². The number of hydrogen-bond acceptors (Lipinski definition) is 3. The fourth-order valence-corrected chi connectivity index (χ4v) is 10.6. The first kappa shape index (κ1) is 15.6. The Labute approximate surface area is 102 Å². The largest absolute Gasteiger partial charge is 0.447 e. The van der Waals surface area contributed by atoms with Gasteiger partial charge in [0.1, 0.15) is 23.2 Å². The van der Waals surface area contributed by atoms with E-state index in [2.05, 4.69) is 50.1 Å². The zero-order valence-corrected chi connectivity index (χ0v) is 13.7. The Kier molecular flexibility index (Phi) is 5.16. The van der Waals surface area contributed by atoms with Crippen LogP contribution in [0, 0.1) is 0 Å².